The van der Waals surface area contributed by atoms with E-state index in [1.807, 2.05) is 18.2 Å². The van der Waals surface area contributed by atoms with Gasteiger partial charge in [0.25, 0.3) is 0 Å². The summed E-state index contributed by atoms with van der Waals surface area (Å²) in [5.41, 5.74) is 1.20. The summed E-state index contributed by atoms with van der Waals surface area (Å²) in [5, 5.41) is 12.7. The lowest BCUT2D eigenvalue weighted by atomic mass is 10.2. The Morgan fingerprint density at radius 3 is 3.00 bits per heavy atom. The van der Waals surface area contributed by atoms with Crippen LogP contribution in [0.25, 0.3) is 0 Å². The first-order chi connectivity index (χ1) is 10.3. The Hall–Kier alpha value is -1.10. The highest BCUT2D eigenvalue weighted by Gasteiger charge is 2.16. The maximum atomic E-state index is 9.29. The van der Waals surface area contributed by atoms with Crippen LogP contribution in [-0.2, 0) is 0 Å². The summed E-state index contributed by atoms with van der Waals surface area (Å²) in [6.45, 7) is 7.27. The molecule has 1 unspecified atom stereocenters. The number of aryl methyl sites for hydroxylation is 1. The molecule has 2 N–H and O–H groups in total. The minimum absolute atomic E-state index is 0.229. The van der Waals surface area contributed by atoms with Crippen molar-refractivity contribution in [3.8, 4) is 5.75 Å². The average molecular weight is 292 g/mol. The van der Waals surface area contributed by atoms with Crippen molar-refractivity contribution in [2.75, 3.05) is 39.4 Å². The van der Waals surface area contributed by atoms with Crippen LogP contribution in [0.15, 0.2) is 24.3 Å². The van der Waals surface area contributed by atoms with Gasteiger partial charge in [0.05, 0.1) is 13.2 Å². The number of aliphatic hydroxyl groups excluding tert-OH is 1. The van der Waals surface area contributed by atoms with Crippen LogP contribution in [-0.4, -0.2) is 55.4 Å². The van der Waals surface area contributed by atoms with Crippen molar-refractivity contribution in [3.63, 3.8) is 0 Å². The lowest BCUT2D eigenvalue weighted by molar-refractivity contribution is 0.195. The molecule has 4 nitrogen and oxygen atoms in total. The maximum absolute atomic E-state index is 9.29. The van der Waals surface area contributed by atoms with Gasteiger partial charge in [-0.25, -0.2) is 0 Å². The standard InChI is InChI=1S/C17H28N2O2/c1-15-7-2-3-8-17(15)21-12-5-4-10-19-11-6-9-18-16(13-19)14-20/h2-3,7-8,16,18,20H,4-6,9-14H2,1H3. The molecular weight excluding hydrogens is 264 g/mol. The number of aliphatic hydroxyl groups is 1. The van der Waals surface area contributed by atoms with Gasteiger partial charge in [-0.05, 0) is 57.5 Å². The van der Waals surface area contributed by atoms with Gasteiger partial charge in [0, 0.05) is 12.6 Å². The van der Waals surface area contributed by atoms with Gasteiger partial charge < -0.3 is 20.1 Å². The molecule has 0 radical (unpaired) electrons. The molecule has 1 aromatic rings. The zero-order valence-electron chi connectivity index (χ0n) is 13.1. The van der Waals surface area contributed by atoms with Gasteiger partial charge in [0.2, 0.25) is 0 Å². The summed E-state index contributed by atoms with van der Waals surface area (Å²) >= 11 is 0. The fourth-order valence-electron chi connectivity index (χ4n) is 2.74. The van der Waals surface area contributed by atoms with E-state index in [0.717, 1.165) is 57.8 Å². The molecule has 21 heavy (non-hydrogen) atoms. The Labute approximate surface area is 128 Å². The summed E-state index contributed by atoms with van der Waals surface area (Å²) in [6.07, 6.45) is 3.38. The van der Waals surface area contributed by atoms with Gasteiger partial charge in [-0.2, -0.15) is 0 Å². The Morgan fingerprint density at radius 2 is 2.19 bits per heavy atom. The normalized spacial score (nSPS) is 20.2. The number of nitrogens with one attached hydrogen (secondary N) is 1. The number of ether oxygens (including phenoxy) is 1. The van der Waals surface area contributed by atoms with Crippen molar-refractivity contribution in [2.45, 2.75) is 32.2 Å². The fourth-order valence-corrected chi connectivity index (χ4v) is 2.74. The molecule has 1 aliphatic heterocycles. The van der Waals surface area contributed by atoms with Crippen LogP contribution in [0.4, 0.5) is 0 Å². The number of rotatable bonds is 7. The summed E-state index contributed by atoms with van der Waals surface area (Å²) in [7, 11) is 0. The third-order valence-electron chi connectivity index (χ3n) is 4.00. The molecule has 1 saturated heterocycles. The molecule has 0 spiro atoms. The van der Waals surface area contributed by atoms with E-state index in [1.54, 1.807) is 0 Å². The molecule has 0 aromatic heterocycles. The topological polar surface area (TPSA) is 44.7 Å². The lowest BCUT2D eigenvalue weighted by Crippen LogP contribution is -2.40. The largest absolute Gasteiger partial charge is 0.493 e. The van der Waals surface area contributed by atoms with E-state index in [9.17, 15) is 5.11 Å². The molecule has 118 valence electrons. The van der Waals surface area contributed by atoms with E-state index in [1.165, 1.54) is 5.56 Å². The van der Waals surface area contributed by atoms with Crippen molar-refractivity contribution in [3.05, 3.63) is 29.8 Å². The van der Waals surface area contributed by atoms with Crippen LogP contribution in [0.5, 0.6) is 5.75 Å². The van der Waals surface area contributed by atoms with Crippen molar-refractivity contribution < 1.29 is 9.84 Å². The molecule has 4 heteroatoms. The van der Waals surface area contributed by atoms with Gasteiger partial charge in [-0.3, -0.25) is 0 Å². The Bertz CT molecular complexity index is 412. The first kappa shape index (κ1) is 16.3. The van der Waals surface area contributed by atoms with Gasteiger partial charge >= 0.3 is 0 Å². The van der Waals surface area contributed by atoms with Gasteiger partial charge in [-0.1, -0.05) is 18.2 Å². The molecule has 0 bridgehead atoms. The lowest BCUT2D eigenvalue weighted by Gasteiger charge is -2.23. The van der Waals surface area contributed by atoms with E-state index in [4.69, 9.17) is 4.74 Å². The van der Waals surface area contributed by atoms with Gasteiger partial charge in [0.1, 0.15) is 5.75 Å². The Kier molecular flexibility index (Phi) is 7.00. The number of hydrogen-bond acceptors (Lipinski definition) is 4. The molecule has 1 heterocycles. The minimum atomic E-state index is 0.229. The first-order valence-electron chi connectivity index (χ1n) is 8.04. The number of nitrogens with zero attached hydrogens (tertiary/aromatic N) is 1. The number of unbranched alkanes of at least 4 members (excludes halogenated alkanes) is 1. The second-order valence-corrected chi connectivity index (χ2v) is 5.81. The maximum Gasteiger partial charge on any atom is 0.122 e. The molecule has 1 fully saturated rings. The second kappa shape index (κ2) is 9.03. The molecule has 2 rings (SSSR count). The molecule has 0 aliphatic carbocycles. The smallest absolute Gasteiger partial charge is 0.122 e. The SMILES string of the molecule is Cc1ccccc1OCCCCN1CCCNC(CO)C1. The predicted octanol–water partition coefficient (Wildman–Crippen LogP) is 1.81. The predicted molar refractivity (Wildman–Crippen MR) is 85.8 cm³/mol. The highest BCUT2D eigenvalue weighted by Crippen LogP contribution is 2.16. The van der Waals surface area contributed by atoms with Gasteiger partial charge in [-0.15, -0.1) is 0 Å². The summed E-state index contributed by atoms with van der Waals surface area (Å²) in [5.74, 6) is 0.997. The molecular formula is C17H28N2O2. The Morgan fingerprint density at radius 1 is 1.33 bits per heavy atom. The first-order valence-corrected chi connectivity index (χ1v) is 8.04. The van der Waals surface area contributed by atoms with Crippen LogP contribution < -0.4 is 10.1 Å². The van der Waals surface area contributed by atoms with Crippen LogP contribution >= 0.6 is 0 Å². The van der Waals surface area contributed by atoms with E-state index in [-0.39, 0.29) is 12.6 Å². The van der Waals surface area contributed by atoms with Crippen LogP contribution in [0.3, 0.4) is 0 Å². The number of benzene rings is 1. The van der Waals surface area contributed by atoms with Crippen molar-refractivity contribution in [1.82, 2.24) is 10.2 Å². The zero-order valence-corrected chi connectivity index (χ0v) is 13.1. The van der Waals surface area contributed by atoms with E-state index >= 15 is 0 Å². The van der Waals surface area contributed by atoms with E-state index < -0.39 is 0 Å². The third-order valence-corrected chi connectivity index (χ3v) is 4.00. The average Bonchev–Trinajstić information content (AvgIpc) is 2.74. The van der Waals surface area contributed by atoms with E-state index in [0.29, 0.717) is 0 Å². The molecule has 1 atom stereocenters. The highest BCUT2D eigenvalue weighted by atomic mass is 16.5. The van der Waals surface area contributed by atoms with Crippen molar-refractivity contribution in [2.24, 2.45) is 0 Å². The minimum Gasteiger partial charge on any atom is -0.493 e. The van der Waals surface area contributed by atoms with Crippen LogP contribution in [0.2, 0.25) is 0 Å². The van der Waals surface area contributed by atoms with Gasteiger partial charge in [0.15, 0.2) is 0 Å². The quantitative estimate of drug-likeness (QED) is 0.752. The molecule has 1 aromatic carbocycles. The molecule has 0 saturated carbocycles. The number of hydrogen-bond donors (Lipinski definition) is 2. The van der Waals surface area contributed by atoms with Crippen LogP contribution in [0, 0.1) is 6.92 Å². The van der Waals surface area contributed by atoms with Crippen molar-refractivity contribution >= 4 is 0 Å². The highest BCUT2D eigenvalue weighted by molar-refractivity contribution is 5.31. The van der Waals surface area contributed by atoms with E-state index in [2.05, 4.69) is 23.2 Å². The summed E-state index contributed by atoms with van der Waals surface area (Å²) < 4.78 is 5.82. The van der Waals surface area contributed by atoms with Crippen LogP contribution in [0.1, 0.15) is 24.8 Å². The third kappa shape index (κ3) is 5.65. The zero-order chi connectivity index (χ0) is 14.9. The molecule has 0 amide bonds. The molecule has 1 aliphatic rings. The Balaban J connectivity index is 1.62. The summed E-state index contributed by atoms with van der Waals surface area (Å²) in [6, 6.07) is 8.39. The second-order valence-electron chi connectivity index (χ2n) is 5.81. The number of para-hydroxylation sites is 1. The van der Waals surface area contributed by atoms with Crippen molar-refractivity contribution in [1.29, 1.82) is 0 Å². The summed E-state index contributed by atoms with van der Waals surface area (Å²) in [4.78, 5) is 2.45. The fraction of sp³-hybridized carbons (Fsp3) is 0.647. The monoisotopic (exact) mass is 292 g/mol.